The van der Waals surface area contributed by atoms with E-state index in [1.165, 1.54) is 7.11 Å². The van der Waals surface area contributed by atoms with Gasteiger partial charge in [0.1, 0.15) is 5.75 Å². The van der Waals surface area contributed by atoms with E-state index in [0.29, 0.717) is 23.6 Å². The lowest BCUT2D eigenvalue weighted by Gasteiger charge is -2.12. The molecule has 0 aliphatic carbocycles. The van der Waals surface area contributed by atoms with Crippen molar-refractivity contribution in [3.05, 3.63) is 23.8 Å². The molecule has 104 valence electrons. The number of benzene rings is 1. The van der Waals surface area contributed by atoms with Crippen LogP contribution in [0.2, 0.25) is 0 Å². The molecule has 0 aromatic heterocycles. The molecular weight excluding hydrogens is 246 g/mol. The predicted molar refractivity (Wildman–Crippen MR) is 71.3 cm³/mol. The van der Waals surface area contributed by atoms with E-state index in [-0.39, 0.29) is 6.10 Å². The van der Waals surface area contributed by atoms with E-state index in [2.05, 4.69) is 4.74 Å². The Hall–Kier alpha value is -1.75. The highest BCUT2D eigenvalue weighted by Crippen LogP contribution is 2.24. The Morgan fingerprint density at radius 3 is 3.05 bits per heavy atom. The number of nitrogen functional groups attached to an aromatic ring is 1. The molecule has 2 rings (SSSR count). The Morgan fingerprint density at radius 2 is 2.37 bits per heavy atom. The van der Waals surface area contributed by atoms with Crippen molar-refractivity contribution in [3.63, 3.8) is 0 Å². The topological polar surface area (TPSA) is 70.8 Å². The van der Waals surface area contributed by atoms with Gasteiger partial charge in [-0.15, -0.1) is 0 Å². The summed E-state index contributed by atoms with van der Waals surface area (Å²) in [4.78, 5) is 11.4. The monoisotopic (exact) mass is 265 g/mol. The van der Waals surface area contributed by atoms with Gasteiger partial charge in [-0.3, -0.25) is 0 Å². The molecule has 5 heteroatoms. The molecule has 0 radical (unpaired) electrons. The Kier molecular flexibility index (Phi) is 4.63. The van der Waals surface area contributed by atoms with Gasteiger partial charge in [-0.2, -0.15) is 0 Å². The SMILES string of the molecule is COC(=O)c1ccc(N)c(OCCC2CCCO2)c1. The molecule has 1 aromatic carbocycles. The number of carbonyl (C=O) groups is 1. The molecule has 0 spiro atoms. The average Bonchev–Trinajstić information content (AvgIpc) is 2.93. The summed E-state index contributed by atoms with van der Waals surface area (Å²) in [7, 11) is 1.34. The van der Waals surface area contributed by atoms with Crippen LogP contribution in [-0.4, -0.2) is 32.4 Å². The molecule has 1 aromatic rings. The van der Waals surface area contributed by atoms with Crippen LogP contribution in [-0.2, 0) is 9.47 Å². The second-order valence-corrected chi connectivity index (χ2v) is 4.52. The number of esters is 1. The first-order valence-corrected chi connectivity index (χ1v) is 6.43. The average molecular weight is 265 g/mol. The number of methoxy groups -OCH3 is 1. The van der Waals surface area contributed by atoms with Crippen LogP contribution in [0.3, 0.4) is 0 Å². The Balaban J connectivity index is 1.92. The molecule has 0 saturated carbocycles. The van der Waals surface area contributed by atoms with Crippen LogP contribution in [0.5, 0.6) is 5.75 Å². The van der Waals surface area contributed by atoms with Gasteiger partial charge in [0, 0.05) is 13.0 Å². The standard InChI is InChI=1S/C14H19NO4/c1-17-14(16)10-4-5-12(15)13(9-10)19-8-6-11-3-2-7-18-11/h4-5,9,11H,2-3,6-8,15H2,1H3. The summed E-state index contributed by atoms with van der Waals surface area (Å²) in [5.74, 6) is 0.116. The molecule has 0 bridgehead atoms. The van der Waals surface area contributed by atoms with E-state index in [1.54, 1.807) is 18.2 Å². The van der Waals surface area contributed by atoms with Crippen molar-refractivity contribution < 1.29 is 19.0 Å². The first-order valence-electron chi connectivity index (χ1n) is 6.43. The molecule has 19 heavy (non-hydrogen) atoms. The molecule has 2 N–H and O–H groups in total. The van der Waals surface area contributed by atoms with E-state index in [0.717, 1.165) is 25.9 Å². The number of nitrogens with two attached hydrogens (primary N) is 1. The molecule has 0 amide bonds. The van der Waals surface area contributed by atoms with Crippen molar-refractivity contribution in [1.82, 2.24) is 0 Å². The first kappa shape index (κ1) is 13.7. The molecule has 1 heterocycles. The van der Waals surface area contributed by atoms with Gasteiger partial charge in [-0.25, -0.2) is 4.79 Å². The third-order valence-electron chi connectivity index (χ3n) is 3.16. The summed E-state index contributed by atoms with van der Waals surface area (Å²) in [6, 6.07) is 4.87. The van der Waals surface area contributed by atoms with Crippen LogP contribution < -0.4 is 10.5 Å². The zero-order valence-electron chi connectivity index (χ0n) is 11.1. The minimum atomic E-state index is -0.399. The van der Waals surface area contributed by atoms with E-state index in [1.807, 2.05) is 0 Å². The lowest BCUT2D eigenvalue weighted by Crippen LogP contribution is -2.11. The highest BCUT2D eigenvalue weighted by molar-refractivity contribution is 5.90. The Labute approximate surface area is 112 Å². The first-order chi connectivity index (χ1) is 9.20. The largest absolute Gasteiger partial charge is 0.491 e. The van der Waals surface area contributed by atoms with Gasteiger partial charge in [-0.1, -0.05) is 0 Å². The summed E-state index contributed by atoms with van der Waals surface area (Å²) >= 11 is 0. The van der Waals surface area contributed by atoms with Gasteiger partial charge in [0.25, 0.3) is 0 Å². The second-order valence-electron chi connectivity index (χ2n) is 4.52. The van der Waals surface area contributed by atoms with Gasteiger partial charge in [0.05, 0.1) is 31.1 Å². The summed E-state index contributed by atoms with van der Waals surface area (Å²) in [5, 5.41) is 0. The lowest BCUT2D eigenvalue weighted by atomic mass is 10.2. The maximum absolute atomic E-state index is 11.4. The number of hydrogen-bond acceptors (Lipinski definition) is 5. The van der Waals surface area contributed by atoms with Crippen LogP contribution >= 0.6 is 0 Å². The van der Waals surface area contributed by atoms with Gasteiger partial charge in [0.2, 0.25) is 0 Å². The molecule has 1 unspecified atom stereocenters. The van der Waals surface area contributed by atoms with Crippen LogP contribution in [0.4, 0.5) is 5.69 Å². The number of rotatable bonds is 5. The Bertz CT molecular complexity index is 441. The van der Waals surface area contributed by atoms with E-state index in [4.69, 9.17) is 15.2 Å². The zero-order valence-corrected chi connectivity index (χ0v) is 11.1. The quantitative estimate of drug-likeness (QED) is 0.651. The summed E-state index contributed by atoms with van der Waals surface area (Å²) in [6.45, 7) is 1.37. The summed E-state index contributed by atoms with van der Waals surface area (Å²) in [6.07, 6.45) is 3.32. The molecule has 1 saturated heterocycles. The van der Waals surface area contributed by atoms with Crippen molar-refractivity contribution in [2.24, 2.45) is 0 Å². The van der Waals surface area contributed by atoms with Gasteiger partial charge >= 0.3 is 5.97 Å². The fourth-order valence-electron chi connectivity index (χ4n) is 2.08. The third-order valence-corrected chi connectivity index (χ3v) is 3.16. The lowest BCUT2D eigenvalue weighted by molar-refractivity contribution is 0.0599. The van der Waals surface area contributed by atoms with Crippen molar-refractivity contribution >= 4 is 11.7 Å². The van der Waals surface area contributed by atoms with Crippen molar-refractivity contribution in [2.75, 3.05) is 26.1 Å². The normalized spacial score (nSPS) is 18.3. The van der Waals surface area contributed by atoms with E-state index in [9.17, 15) is 4.79 Å². The van der Waals surface area contributed by atoms with Crippen molar-refractivity contribution in [3.8, 4) is 5.75 Å². The van der Waals surface area contributed by atoms with E-state index >= 15 is 0 Å². The third kappa shape index (κ3) is 3.61. The van der Waals surface area contributed by atoms with E-state index < -0.39 is 5.97 Å². The molecule has 5 nitrogen and oxygen atoms in total. The minimum absolute atomic E-state index is 0.282. The smallest absolute Gasteiger partial charge is 0.337 e. The van der Waals surface area contributed by atoms with Crippen molar-refractivity contribution in [1.29, 1.82) is 0 Å². The van der Waals surface area contributed by atoms with Gasteiger partial charge < -0.3 is 19.9 Å². The highest BCUT2D eigenvalue weighted by Gasteiger charge is 2.15. The predicted octanol–water partition coefficient (Wildman–Crippen LogP) is 2.00. The number of anilines is 1. The van der Waals surface area contributed by atoms with Gasteiger partial charge in [0.15, 0.2) is 0 Å². The fraction of sp³-hybridized carbons (Fsp3) is 0.500. The number of carbonyl (C=O) groups excluding carboxylic acids is 1. The van der Waals surface area contributed by atoms with Crippen LogP contribution in [0.25, 0.3) is 0 Å². The van der Waals surface area contributed by atoms with Crippen LogP contribution in [0.1, 0.15) is 29.6 Å². The van der Waals surface area contributed by atoms with Crippen LogP contribution in [0, 0.1) is 0 Å². The van der Waals surface area contributed by atoms with Crippen LogP contribution in [0.15, 0.2) is 18.2 Å². The fourth-order valence-corrected chi connectivity index (χ4v) is 2.08. The summed E-state index contributed by atoms with van der Waals surface area (Å²) < 4.78 is 15.8. The molecule has 1 atom stereocenters. The maximum Gasteiger partial charge on any atom is 0.337 e. The summed E-state index contributed by atoms with van der Waals surface area (Å²) in [5.41, 5.74) is 6.76. The molecule has 1 fully saturated rings. The number of hydrogen-bond donors (Lipinski definition) is 1. The second kappa shape index (κ2) is 6.43. The molecule has 1 aliphatic heterocycles. The van der Waals surface area contributed by atoms with Crippen molar-refractivity contribution in [2.45, 2.75) is 25.4 Å². The number of ether oxygens (including phenoxy) is 3. The highest BCUT2D eigenvalue weighted by atomic mass is 16.5. The molecule has 1 aliphatic rings. The van der Waals surface area contributed by atoms with Gasteiger partial charge in [-0.05, 0) is 31.0 Å². The molecular formula is C14H19NO4. The maximum atomic E-state index is 11.4. The zero-order chi connectivity index (χ0) is 13.7. The Morgan fingerprint density at radius 1 is 1.53 bits per heavy atom. The minimum Gasteiger partial charge on any atom is -0.491 e.